The number of piperidine rings is 1. The Bertz CT molecular complexity index is 616. The summed E-state index contributed by atoms with van der Waals surface area (Å²) in [6, 6.07) is 7.64. The van der Waals surface area contributed by atoms with Crippen molar-refractivity contribution in [2.45, 2.75) is 19.4 Å². The van der Waals surface area contributed by atoms with E-state index in [0.29, 0.717) is 17.5 Å². The van der Waals surface area contributed by atoms with Crippen molar-refractivity contribution in [1.82, 2.24) is 19.7 Å². The molecule has 1 fully saturated rings. The maximum Gasteiger partial charge on any atom is 0.146 e. The van der Waals surface area contributed by atoms with Crippen LogP contribution in [-0.4, -0.2) is 39.4 Å². The Labute approximate surface area is 135 Å². The lowest BCUT2D eigenvalue weighted by Gasteiger charge is -2.32. The topological polar surface area (TPSA) is 43.2 Å². The number of benzene rings is 1. The van der Waals surface area contributed by atoms with Gasteiger partial charge < -0.3 is 9.30 Å². The average Bonchev–Trinajstić information content (AvgIpc) is 2.92. The summed E-state index contributed by atoms with van der Waals surface area (Å²) in [6.07, 6.45) is 4.13. The highest BCUT2D eigenvalue weighted by Crippen LogP contribution is 2.25. The van der Waals surface area contributed by atoms with Gasteiger partial charge in [0.25, 0.3) is 0 Å². The third-order valence-electron chi connectivity index (χ3n) is 4.08. The van der Waals surface area contributed by atoms with Crippen molar-refractivity contribution < 1.29 is 4.74 Å². The van der Waals surface area contributed by atoms with E-state index in [0.717, 1.165) is 31.2 Å². The zero-order valence-electron chi connectivity index (χ0n) is 12.8. The van der Waals surface area contributed by atoms with Crippen LogP contribution >= 0.6 is 11.6 Å². The minimum atomic E-state index is 0.526. The van der Waals surface area contributed by atoms with Crippen molar-refractivity contribution >= 4 is 11.6 Å². The number of halogens is 1. The highest BCUT2D eigenvalue weighted by Gasteiger charge is 2.22. The van der Waals surface area contributed by atoms with Gasteiger partial charge in [-0.1, -0.05) is 23.7 Å². The second kappa shape index (κ2) is 7.11. The summed E-state index contributed by atoms with van der Waals surface area (Å²) in [5.74, 6) is 2.31. The van der Waals surface area contributed by atoms with Crippen molar-refractivity contribution in [3.63, 3.8) is 0 Å². The van der Waals surface area contributed by atoms with Gasteiger partial charge in [0.1, 0.15) is 17.9 Å². The second-order valence-electron chi connectivity index (χ2n) is 5.84. The summed E-state index contributed by atoms with van der Waals surface area (Å²) in [7, 11) is 1.98. The van der Waals surface area contributed by atoms with Crippen molar-refractivity contribution in [2.24, 2.45) is 13.0 Å². The molecule has 1 aromatic heterocycles. The van der Waals surface area contributed by atoms with Gasteiger partial charge in [0, 0.05) is 19.5 Å². The molecule has 3 rings (SSSR count). The van der Waals surface area contributed by atoms with Crippen LogP contribution in [0.2, 0.25) is 5.02 Å². The fraction of sp³-hybridized carbons (Fsp3) is 0.500. The molecular formula is C16H21ClN4O. The number of likely N-dealkylation sites (tertiary alicyclic amines) is 1. The van der Waals surface area contributed by atoms with E-state index in [9.17, 15) is 0 Å². The van der Waals surface area contributed by atoms with Crippen LogP contribution in [0.25, 0.3) is 0 Å². The van der Waals surface area contributed by atoms with Crippen LogP contribution in [0.3, 0.4) is 0 Å². The predicted molar refractivity (Wildman–Crippen MR) is 86.0 cm³/mol. The maximum absolute atomic E-state index is 6.13. The van der Waals surface area contributed by atoms with Gasteiger partial charge >= 0.3 is 0 Å². The molecule has 118 valence electrons. The summed E-state index contributed by atoms with van der Waals surface area (Å²) in [4.78, 5) is 2.42. The summed E-state index contributed by atoms with van der Waals surface area (Å²) in [5, 5.41) is 8.78. The highest BCUT2D eigenvalue weighted by molar-refractivity contribution is 6.32. The quantitative estimate of drug-likeness (QED) is 0.849. The number of ether oxygens (including phenoxy) is 1. The number of nitrogens with zero attached hydrogens (tertiary/aromatic N) is 4. The lowest BCUT2D eigenvalue weighted by Crippen LogP contribution is -2.37. The Balaban J connectivity index is 1.52. The SMILES string of the molecule is Cn1cnnc1CN1CCC[C@H](COc2ccccc2Cl)C1. The van der Waals surface area contributed by atoms with Crippen molar-refractivity contribution in [1.29, 1.82) is 0 Å². The molecule has 1 aromatic carbocycles. The van der Waals surface area contributed by atoms with Crippen LogP contribution in [0.5, 0.6) is 5.75 Å². The molecule has 2 aromatic rings. The number of hydrogen-bond acceptors (Lipinski definition) is 4. The zero-order valence-corrected chi connectivity index (χ0v) is 13.5. The maximum atomic E-state index is 6.13. The molecule has 6 heteroatoms. The highest BCUT2D eigenvalue weighted by atomic mass is 35.5. The molecule has 1 atom stereocenters. The van der Waals surface area contributed by atoms with E-state index >= 15 is 0 Å². The molecule has 0 radical (unpaired) electrons. The standard InChI is InChI=1S/C16H21ClN4O/c1-20-12-18-19-16(20)10-21-8-4-5-13(9-21)11-22-15-7-3-2-6-14(15)17/h2-3,6-7,12-13H,4-5,8-11H2,1H3/t13-/m0/s1. The summed E-state index contributed by atoms with van der Waals surface area (Å²) >= 11 is 6.13. The summed E-state index contributed by atoms with van der Waals surface area (Å²) < 4.78 is 7.87. The number of para-hydroxylation sites is 1. The molecule has 5 nitrogen and oxygen atoms in total. The first-order chi connectivity index (χ1) is 10.7. The minimum Gasteiger partial charge on any atom is -0.492 e. The normalized spacial score (nSPS) is 19.3. The Morgan fingerprint density at radius 1 is 1.36 bits per heavy atom. The lowest BCUT2D eigenvalue weighted by molar-refractivity contribution is 0.122. The molecule has 0 amide bonds. The molecule has 1 aliphatic heterocycles. The van der Waals surface area contributed by atoms with Gasteiger partial charge in [-0.25, -0.2) is 0 Å². The van der Waals surface area contributed by atoms with E-state index in [1.54, 1.807) is 6.33 Å². The van der Waals surface area contributed by atoms with E-state index in [-0.39, 0.29) is 0 Å². The number of aryl methyl sites for hydroxylation is 1. The first-order valence-corrected chi connectivity index (χ1v) is 8.02. The largest absolute Gasteiger partial charge is 0.492 e. The van der Waals surface area contributed by atoms with Gasteiger partial charge in [-0.15, -0.1) is 10.2 Å². The van der Waals surface area contributed by atoms with E-state index in [1.807, 2.05) is 35.9 Å². The fourth-order valence-corrected chi connectivity index (χ4v) is 3.04. The zero-order chi connectivity index (χ0) is 15.4. The smallest absolute Gasteiger partial charge is 0.146 e. The average molecular weight is 321 g/mol. The molecule has 0 N–H and O–H groups in total. The van der Waals surface area contributed by atoms with Crippen molar-refractivity contribution in [2.75, 3.05) is 19.7 Å². The first-order valence-electron chi connectivity index (χ1n) is 7.65. The van der Waals surface area contributed by atoms with Gasteiger partial charge in [0.2, 0.25) is 0 Å². The van der Waals surface area contributed by atoms with E-state index in [2.05, 4.69) is 15.1 Å². The third kappa shape index (κ3) is 3.78. The van der Waals surface area contributed by atoms with Crippen LogP contribution in [-0.2, 0) is 13.6 Å². The van der Waals surface area contributed by atoms with Gasteiger partial charge in [0.15, 0.2) is 0 Å². The number of hydrogen-bond donors (Lipinski definition) is 0. The van der Waals surface area contributed by atoms with Crippen LogP contribution in [0.4, 0.5) is 0 Å². The fourth-order valence-electron chi connectivity index (χ4n) is 2.85. The molecular weight excluding hydrogens is 300 g/mol. The Morgan fingerprint density at radius 2 is 2.23 bits per heavy atom. The van der Waals surface area contributed by atoms with Crippen LogP contribution in [0, 0.1) is 5.92 Å². The third-order valence-corrected chi connectivity index (χ3v) is 4.40. The molecule has 0 aliphatic carbocycles. The van der Waals surface area contributed by atoms with Crippen LogP contribution < -0.4 is 4.74 Å². The van der Waals surface area contributed by atoms with Gasteiger partial charge in [-0.2, -0.15) is 0 Å². The second-order valence-corrected chi connectivity index (χ2v) is 6.25. The van der Waals surface area contributed by atoms with E-state index < -0.39 is 0 Å². The first kappa shape index (κ1) is 15.3. The van der Waals surface area contributed by atoms with E-state index in [1.165, 1.54) is 12.8 Å². The summed E-state index contributed by atoms with van der Waals surface area (Å²) in [5.41, 5.74) is 0. The molecule has 2 heterocycles. The van der Waals surface area contributed by atoms with Crippen molar-refractivity contribution in [3.8, 4) is 5.75 Å². The molecule has 0 unspecified atom stereocenters. The molecule has 0 spiro atoms. The van der Waals surface area contributed by atoms with E-state index in [4.69, 9.17) is 16.3 Å². The molecule has 22 heavy (non-hydrogen) atoms. The van der Waals surface area contributed by atoms with Crippen molar-refractivity contribution in [3.05, 3.63) is 41.4 Å². The molecule has 0 bridgehead atoms. The molecule has 0 saturated carbocycles. The molecule has 1 aliphatic rings. The lowest BCUT2D eigenvalue weighted by atomic mass is 9.99. The predicted octanol–water partition coefficient (Wildman–Crippen LogP) is 2.76. The monoisotopic (exact) mass is 320 g/mol. The van der Waals surface area contributed by atoms with Crippen LogP contribution in [0.15, 0.2) is 30.6 Å². The van der Waals surface area contributed by atoms with Gasteiger partial charge in [0.05, 0.1) is 18.2 Å². The minimum absolute atomic E-state index is 0.526. The Hall–Kier alpha value is -1.59. The molecule has 1 saturated heterocycles. The summed E-state index contributed by atoms with van der Waals surface area (Å²) in [6.45, 7) is 3.69. The Kier molecular flexibility index (Phi) is 4.95. The van der Waals surface area contributed by atoms with Gasteiger partial charge in [-0.05, 0) is 31.5 Å². The van der Waals surface area contributed by atoms with Crippen LogP contribution in [0.1, 0.15) is 18.7 Å². The number of aromatic nitrogens is 3. The number of rotatable bonds is 5. The van der Waals surface area contributed by atoms with Gasteiger partial charge in [-0.3, -0.25) is 4.90 Å². The Morgan fingerprint density at radius 3 is 3.00 bits per heavy atom.